The van der Waals surface area contributed by atoms with Gasteiger partial charge in [0.1, 0.15) is 16.6 Å². The van der Waals surface area contributed by atoms with Gasteiger partial charge in [-0.15, -0.1) is 11.3 Å². The monoisotopic (exact) mass is 376 g/mol. The second kappa shape index (κ2) is 7.08. The lowest BCUT2D eigenvalue weighted by atomic mass is 10.1. The average Bonchev–Trinajstić information content (AvgIpc) is 3.32. The van der Waals surface area contributed by atoms with Gasteiger partial charge >= 0.3 is 0 Å². The van der Waals surface area contributed by atoms with Gasteiger partial charge in [0.2, 0.25) is 5.91 Å². The Hall–Kier alpha value is -3.39. The number of aromatic nitrogens is 5. The van der Waals surface area contributed by atoms with Crippen LogP contribution in [0.2, 0.25) is 0 Å². The van der Waals surface area contributed by atoms with E-state index in [2.05, 4.69) is 25.3 Å². The van der Waals surface area contributed by atoms with Crippen molar-refractivity contribution in [3.63, 3.8) is 0 Å². The Labute approximate surface area is 159 Å². The Balaban J connectivity index is 1.82. The first kappa shape index (κ1) is 17.0. The molecule has 0 aliphatic carbocycles. The molecule has 0 aliphatic rings. The van der Waals surface area contributed by atoms with E-state index in [4.69, 9.17) is 4.98 Å². The predicted molar refractivity (Wildman–Crippen MR) is 105 cm³/mol. The molecule has 0 saturated heterocycles. The number of anilines is 1. The van der Waals surface area contributed by atoms with Gasteiger partial charge in [0.05, 0.1) is 10.6 Å². The van der Waals surface area contributed by atoms with Gasteiger partial charge in [-0.25, -0.2) is 15.0 Å². The summed E-state index contributed by atoms with van der Waals surface area (Å²) in [5.41, 5.74) is 3.56. The summed E-state index contributed by atoms with van der Waals surface area (Å²) in [6.45, 7) is 3.40. The van der Waals surface area contributed by atoms with Crippen LogP contribution < -0.4 is 5.32 Å². The van der Waals surface area contributed by atoms with Crippen molar-refractivity contribution in [1.82, 2.24) is 24.9 Å². The smallest absolute Gasteiger partial charge is 0.222 e. The molecule has 0 saturated carbocycles. The first-order chi connectivity index (χ1) is 13.1. The molecule has 4 rings (SSSR count). The number of nitrogens with one attached hydrogen (secondary N) is 2. The first-order valence-electron chi connectivity index (χ1n) is 8.28. The second-order valence-corrected chi connectivity index (χ2v) is 6.93. The lowest BCUT2D eigenvalue weighted by Crippen LogP contribution is -2.07. The molecular formula is C19H16N6OS. The molecule has 1 amide bonds. The molecule has 0 aliphatic heterocycles. The molecule has 0 bridgehead atoms. The highest BCUT2D eigenvalue weighted by atomic mass is 32.1. The van der Waals surface area contributed by atoms with Crippen molar-refractivity contribution in [2.24, 2.45) is 0 Å². The van der Waals surface area contributed by atoms with Crippen molar-refractivity contribution in [2.75, 3.05) is 5.32 Å². The fourth-order valence-corrected chi connectivity index (χ4v) is 3.65. The Kier molecular flexibility index (Phi) is 4.47. The zero-order valence-electron chi connectivity index (χ0n) is 14.7. The number of thiazole rings is 1. The number of carbonyl (C=O) groups excluding carboxylic acids is 1. The summed E-state index contributed by atoms with van der Waals surface area (Å²) in [6, 6.07) is 7.64. The van der Waals surface area contributed by atoms with Gasteiger partial charge in [-0.1, -0.05) is 0 Å². The van der Waals surface area contributed by atoms with Gasteiger partial charge in [0.15, 0.2) is 0 Å². The lowest BCUT2D eigenvalue weighted by Gasteiger charge is -2.02. The van der Waals surface area contributed by atoms with Crippen molar-refractivity contribution in [3.8, 4) is 32.5 Å². The van der Waals surface area contributed by atoms with Gasteiger partial charge in [0, 0.05) is 48.5 Å². The third-order valence-corrected chi connectivity index (χ3v) is 4.95. The number of pyridine rings is 2. The van der Waals surface area contributed by atoms with E-state index in [0.717, 1.165) is 38.2 Å². The molecule has 7 nitrogen and oxygen atoms in total. The first-order valence-corrected chi connectivity index (χ1v) is 9.09. The molecule has 27 heavy (non-hydrogen) atoms. The maximum atomic E-state index is 11.3. The quantitative estimate of drug-likeness (QED) is 0.563. The summed E-state index contributed by atoms with van der Waals surface area (Å²) in [7, 11) is 0. The zero-order valence-corrected chi connectivity index (χ0v) is 15.5. The van der Waals surface area contributed by atoms with Gasteiger partial charge in [0.25, 0.3) is 0 Å². The Morgan fingerprint density at radius 3 is 2.70 bits per heavy atom. The fraction of sp³-hybridized carbons (Fsp3) is 0.105. The van der Waals surface area contributed by atoms with E-state index in [1.165, 1.54) is 18.3 Å². The number of carbonyl (C=O) groups is 1. The largest absolute Gasteiger partial charge is 0.344 e. The number of hydrogen-bond acceptors (Lipinski definition) is 6. The van der Waals surface area contributed by atoms with Crippen LogP contribution in [-0.2, 0) is 4.79 Å². The van der Waals surface area contributed by atoms with Crippen molar-refractivity contribution in [2.45, 2.75) is 13.8 Å². The van der Waals surface area contributed by atoms with E-state index in [0.29, 0.717) is 5.82 Å². The number of H-pyrrole nitrogens is 1. The highest BCUT2D eigenvalue weighted by Crippen LogP contribution is 2.39. The maximum Gasteiger partial charge on any atom is 0.222 e. The number of rotatable bonds is 4. The SMILES string of the molecule is CC(=O)Nc1cc(-c2nc(-c3ccc(C)nc3)c(-c3ncc[nH]3)s2)ccn1. The third kappa shape index (κ3) is 3.61. The minimum atomic E-state index is -0.165. The van der Waals surface area contributed by atoms with E-state index in [-0.39, 0.29) is 5.91 Å². The summed E-state index contributed by atoms with van der Waals surface area (Å²) in [4.78, 5) is 33.1. The van der Waals surface area contributed by atoms with Gasteiger partial charge < -0.3 is 10.3 Å². The summed E-state index contributed by atoms with van der Waals surface area (Å²) in [5.74, 6) is 1.08. The summed E-state index contributed by atoms with van der Waals surface area (Å²) < 4.78 is 0. The molecule has 0 unspecified atom stereocenters. The van der Waals surface area contributed by atoms with E-state index >= 15 is 0 Å². The van der Waals surface area contributed by atoms with Crippen LogP contribution in [0.4, 0.5) is 5.82 Å². The van der Waals surface area contributed by atoms with Crippen LogP contribution in [0.5, 0.6) is 0 Å². The third-order valence-electron chi connectivity index (χ3n) is 3.84. The average molecular weight is 376 g/mol. The molecule has 2 N–H and O–H groups in total. The van der Waals surface area contributed by atoms with Crippen LogP contribution in [0.15, 0.2) is 49.1 Å². The number of nitrogens with zero attached hydrogens (tertiary/aromatic N) is 4. The summed E-state index contributed by atoms with van der Waals surface area (Å²) >= 11 is 1.52. The second-order valence-electron chi connectivity index (χ2n) is 5.93. The van der Waals surface area contributed by atoms with E-state index in [9.17, 15) is 4.79 Å². The zero-order chi connectivity index (χ0) is 18.8. The number of aryl methyl sites for hydroxylation is 1. The molecule has 0 fully saturated rings. The minimum absolute atomic E-state index is 0.165. The van der Waals surface area contributed by atoms with Crippen LogP contribution in [0.1, 0.15) is 12.6 Å². The Bertz CT molecular complexity index is 1090. The van der Waals surface area contributed by atoms with Crippen molar-refractivity contribution in [1.29, 1.82) is 0 Å². The topological polar surface area (TPSA) is 96.5 Å². The molecule has 0 aromatic carbocycles. The van der Waals surface area contributed by atoms with Crippen LogP contribution in [0, 0.1) is 6.92 Å². The van der Waals surface area contributed by atoms with Crippen molar-refractivity contribution < 1.29 is 4.79 Å². The molecule has 0 spiro atoms. The minimum Gasteiger partial charge on any atom is -0.344 e. The Morgan fingerprint density at radius 1 is 1.11 bits per heavy atom. The fourth-order valence-electron chi connectivity index (χ4n) is 2.61. The standard InChI is InChI=1S/C19H16N6OS/c1-11-3-4-14(10-23-11)16-17(18-21-7-8-22-18)27-19(25-16)13-5-6-20-15(9-13)24-12(2)26/h3-10H,1-2H3,(H,21,22)(H,20,24,26). The molecule has 4 aromatic heterocycles. The molecule has 4 heterocycles. The molecule has 4 aromatic rings. The van der Waals surface area contributed by atoms with E-state index in [1.54, 1.807) is 18.6 Å². The highest BCUT2D eigenvalue weighted by molar-refractivity contribution is 7.18. The Morgan fingerprint density at radius 2 is 2.00 bits per heavy atom. The van der Waals surface area contributed by atoms with Crippen LogP contribution in [0.3, 0.4) is 0 Å². The van der Waals surface area contributed by atoms with Crippen LogP contribution in [-0.4, -0.2) is 30.8 Å². The number of imidazole rings is 1. The van der Waals surface area contributed by atoms with E-state index < -0.39 is 0 Å². The maximum absolute atomic E-state index is 11.3. The van der Waals surface area contributed by atoms with E-state index in [1.807, 2.05) is 37.4 Å². The molecular weight excluding hydrogens is 360 g/mol. The van der Waals surface area contributed by atoms with Gasteiger partial charge in [-0.05, 0) is 31.2 Å². The molecule has 0 radical (unpaired) electrons. The van der Waals surface area contributed by atoms with Crippen LogP contribution in [0.25, 0.3) is 32.5 Å². The molecule has 134 valence electrons. The van der Waals surface area contributed by atoms with Gasteiger partial charge in [-0.2, -0.15) is 0 Å². The number of aromatic amines is 1. The lowest BCUT2D eigenvalue weighted by molar-refractivity contribution is -0.114. The van der Waals surface area contributed by atoms with Gasteiger partial charge in [-0.3, -0.25) is 9.78 Å². The summed E-state index contributed by atoms with van der Waals surface area (Å²) in [6.07, 6.45) is 6.97. The molecule has 0 atom stereocenters. The van der Waals surface area contributed by atoms with Crippen LogP contribution >= 0.6 is 11.3 Å². The number of hydrogen-bond donors (Lipinski definition) is 2. The predicted octanol–water partition coefficient (Wildman–Crippen LogP) is 3.92. The normalized spacial score (nSPS) is 10.7. The summed E-state index contributed by atoms with van der Waals surface area (Å²) in [5, 5.41) is 3.51. The highest BCUT2D eigenvalue weighted by Gasteiger charge is 2.18. The molecule has 8 heteroatoms. The van der Waals surface area contributed by atoms with Crippen molar-refractivity contribution in [3.05, 3.63) is 54.7 Å². The number of amides is 1. The van der Waals surface area contributed by atoms with Crippen molar-refractivity contribution >= 4 is 23.1 Å².